The van der Waals surface area contributed by atoms with Crippen LogP contribution in [0, 0.1) is 5.82 Å². The Morgan fingerprint density at radius 1 is 1.06 bits per heavy atom. The van der Waals surface area contributed by atoms with Crippen molar-refractivity contribution in [3.63, 3.8) is 0 Å². The molecular formula is C23H23FN2O5S. The fourth-order valence-electron chi connectivity index (χ4n) is 3.06. The van der Waals surface area contributed by atoms with Gasteiger partial charge < -0.3 is 9.47 Å². The molecule has 168 valence electrons. The van der Waals surface area contributed by atoms with E-state index in [-0.39, 0.29) is 23.5 Å². The lowest BCUT2D eigenvalue weighted by molar-refractivity contribution is 0.0595. The summed E-state index contributed by atoms with van der Waals surface area (Å²) >= 11 is 0. The summed E-state index contributed by atoms with van der Waals surface area (Å²) in [5.41, 5.74) is 0.691. The smallest absolute Gasteiger partial charge is 0.340 e. The monoisotopic (exact) mass is 458 g/mol. The van der Waals surface area contributed by atoms with E-state index in [4.69, 9.17) is 4.74 Å². The molecule has 1 heterocycles. The van der Waals surface area contributed by atoms with E-state index < -0.39 is 21.8 Å². The molecular weight excluding hydrogens is 435 g/mol. The molecule has 0 bridgehead atoms. The van der Waals surface area contributed by atoms with E-state index in [2.05, 4.69) is 9.72 Å². The van der Waals surface area contributed by atoms with Crippen LogP contribution >= 0.6 is 0 Å². The quantitative estimate of drug-likeness (QED) is 0.454. The molecule has 2 aromatic carbocycles. The minimum absolute atomic E-state index is 0.0171. The van der Waals surface area contributed by atoms with Gasteiger partial charge in [0.1, 0.15) is 11.6 Å². The average Bonchev–Trinajstić information content (AvgIpc) is 2.79. The summed E-state index contributed by atoms with van der Waals surface area (Å²) in [5.74, 6) is -1.03. The number of nitrogens with zero attached hydrogens (tertiary/aromatic N) is 2. The standard InChI is InChI=1S/C23H23FN2O5S/c1-3-31-19-8-10-20(11-9-19)32(28,29)26(16-18-6-4-5-13-25-18)15-17-7-12-21(22(24)14-17)23(27)30-2/h4-14H,3,15-16H2,1-2H3. The summed E-state index contributed by atoms with van der Waals surface area (Å²) in [7, 11) is -2.79. The lowest BCUT2D eigenvalue weighted by Gasteiger charge is -2.22. The van der Waals surface area contributed by atoms with E-state index in [1.165, 1.54) is 28.6 Å². The molecule has 0 radical (unpaired) electrons. The van der Waals surface area contributed by atoms with E-state index in [0.717, 1.165) is 13.2 Å². The van der Waals surface area contributed by atoms with Crippen LogP contribution in [-0.4, -0.2) is 37.4 Å². The predicted molar refractivity (Wildman–Crippen MR) is 116 cm³/mol. The highest BCUT2D eigenvalue weighted by Gasteiger charge is 2.26. The van der Waals surface area contributed by atoms with Gasteiger partial charge in [0.25, 0.3) is 0 Å². The number of pyridine rings is 1. The molecule has 1 aromatic heterocycles. The van der Waals surface area contributed by atoms with E-state index in [1.807, 2.05) is 6.92 Å². The Hall–Kier alpha value is -3.30. The van der Waals surface area contributed by atoms with E-state index in [9.17, 15) is 17.6 Å². The Morgan fingerprint density at radius 2 is 1.81 bits per heavy atom. The number of esters is 1. The molecule has 3 rings (SSSR count). The normalized spacial score (nSPS) is 11.4. The molecule has 0 aliphatic rings. The number of benzene rings is 2. The first-order valence-corrected chi connectivity index (χ1v) is 11.3. The molecule has 0 N–H and O–H groups in total. The predicted octanol–water partition coefficient (Wildman–Crippen LogP) is 3.80. The van der Waals surface area contributed by atoms with Gasteiger partial charge >= 0.3 is 5.97 Å². The number of hydrogen-bond donors (Lipinski definition) is 0. The first-order valence-electron chi connectivity index (χ1n) is 9.84. The van der Waals surface area contributed by atoms with Crippen molar-refractivity contribution < 1.29 is 27.1 Å². The van der Waals surface area contributed by atoms with Gasteiger partial charge in [0.2, 0.25) is 10.0 Å². The number of halogens is 1. The summed E-state index contributed by atoms with van der Waals surface area (Å²) < 4.78 is 52.4. The number of sulfonamides is 1. The van der Waals surface area contributed by atoms with Crippen LogP contribution in [0.3, 0.4) is 0 Å². The number of hydrogen-bond acceptors (Lipinski definition) is 6. The molecule has 0 aliphatic heterocycles. The third-order valence-corrected chi connectivity index (χ3v) is 6.44. The Labute approximate surface area is 186 Å². The van der Waals surface area contributed by atoms with Crippen molar-refractivity contribution in [1.29, 1.82) is 0 Å². The largest absolute Gasteiger partial charge is 0.494 e. The van der Waals surface area contributed by atoms with Crippen molar-refractivity contribution in [3.05, 3.63) is 89.5 Å². The molecule has 0 atom stereocenters. The highest BCUT2D eigenvalue weighted by atomic mass is 32.2. The lowest BCUT2D eigenvalue weighted by Crippen LogP contribution is -2.30. The first kappa shape index (κ1) is 23.4. The number of aromatic nitrogens is 1. The van der Waals surface area contributed by atoms with Crippen molar-refractivity contribution in [1.82, 2.24) is 9.29 Å². The van der Waals surface area contributed by atoms with E-state index >= 15 is 0 Å². The fourth-order valence-corrected chi connectivity index (χ4v) is 4.46. The minimum atomic E-state index is -3.95. The summed E-state index contributed by atoms with van der Waals surface area (Å²) in [6.07, 6.45) is 1.57. The van der Waals surface area contributed by atoms with Gasteiger partial charge in [-0.3, -0.25) is 4.98 Å². The molecule has 32 heavy (non-hydrogen) atoms. The van der Waals surface area contributed by atoms with Crippen LogP contribution in [0.15, 0.2) is 71.8 Å². The van der Waals surface area contributed by atoms with Crippen molar-refractivity contribution in [3.8, 4) is 5.75 Å². The summed E-state index contributed by atoms with van der Waals surface area (Å²) in [6, 6.07) is 15.2. The third kappa shape index (κ3) is 5.49. The molecule has 9 heteroatoms. The second-order valence-corrected chi connectivity index (χ2v) is 8.74. The van der Waals surface area contributed by atoms with Crippen molar-refractivity contribution in [2.45, 2.75) is 24.9 Å². The van der Waals surface area contributed by atoms with Gasteiger partial charge in [-0.15, -0.1) is 0 Å². The highest BCUT2D eigenvalue weighted by molar-refractivity contribution is 7.89. The van der Waals surface area contributed by atoms with Gasteiger partial charge in [0, 0.05) is 12.7 Å². The van der Waals surface area contributed by atoms with Crippen LogP contribution in [0.4, 0.5) is 4.39 Å². The van der Waals surface area contributed by atoms with Crippen LogP contribution < -0.4 is 4.74 Å². The first-order chi connectivity index (χ1) is 15.3. The lowest BCUT2D eigenvalue weighted by atomic mass is 10.1. The number of carbonyl (C=O) groups is 1. The SMILES string of the molecule is CCOc1ccc(S(=O)(=O)N(Cc2ccc(C(=O)OC)c(F)c2)Cc2ccccn2)cc1. The van der Waals surface area contributed by atoms with Crippen LogP contribution in [0.2, 0.25) is 0 Å². The van der Waals surface area contributed by atoms with Crippen molar-refractivity contribution in [2.24, 2.45) is 0 Å². The maximum absolute atomic E-state index is 14.4. The maximum Gasteiger partial charge on any atom is 0.340 e. The molecule has 0 amide bonds. The zero-order chi connectivity index (χ0) is 23.1. The van der Waals surface area contributed by atoms with Crippen LogP contribution in [0.25, 0.3) is 0 Å². The Kier molecular flexibility index (Phi) is 7.55. The number of methoxy groups -OCH3 is 1. The van der Waals surface area contributed by atoms with Crippen LogP contribution in [-0.2, 0) is 27.8 Å². The van der Waals surface area contributed by atoms with Gasteiger partial charge in [0.05, 0.1) is 36.4 Å². The van der Waals surface area contributed by atoms with Gasteiger partial charge in [-0.1, -0.05) is 12.1 Å². The summed E-state index contributed by atoms with van der Waals surface area (Å²) in [6.45, 7) is 2.16. The minimum Gasteiger partial charge on any atom is -0.494 e. The van der Waals surface area contributed by atoms with Gasteiger partial charge in [0.15, 0.2) is 0 Å². The zero-order valence-corrected chi connectivity index (χ0v) is 18.5. The molecule has 7 nitrogen and oxygen atoms in total. The number of rotatable bonds is 9. The average molecular weight is 459 g/mol. The molecule has 3 aromatic rings. The Bertz CT molecular complexity index is 1170. The van der Waals surface area contributed by atoms with Gasteiger partial charge in [-0.05, 0) is 61.0 Å². The number of ether oxygens (including phenoxy) is 2. The molecule has 0 unspecified atom stereocenters. The van der Waals surface area contributed by atoms with E-state index in [0.29, 0.717) is 23.6 Å². The number of carbonyl (C=O) groups excluding carboxylic acids is 1. The Morgan fingerprint density at radius 3 is 2.41 bits per heavy atom. The van der Waals surface area contributed by atoms with Crippen LogP contribution in [0.1, 0.15) is 28.5 Å². The van der Waals surface area contributed by atoms with Crippen LogP contribution in [0.5, 0.6) is 5.75 Å². The second kappa shape index (κ2) is 10.3. The van der Waals surface area contributed by atoms with E-state index in [1.54, 1.807) is 36.5 Å². The zero-order valence-electron chi connectivity index (χ0n) is 17.7. The molecule has 0 fully saturated rings. The fraction of sp³-hybridized carbons (Fsp3) is 0.217. The molecule has 0 saturated heterocycles. The second-order valence-electron chi connectivity index (χ2n) is 6.80. The molecule has 0 aliphatic carbocycles. The Balaban J connectivity index is 1.94. The summed E-state index contributed by atoms with van der Waals surface area (Å²) in [4.78, 5) is 15.9. The maximum atomic E-state index is 14.4. The highest BCUT2D eigenvalue weighted by Crippen LogP contribution is 2.24. The van der Waals surface area contributed by atoms with Gasteiger partial charge in [-0.2, -0.15) is 4.31 Å². The van der Waals surface area contributed by atoms with Crippen molar-refractivity contribution in [2.75, 3.05) is 13.7 Å². The van der Waals surface area contributed by atoms with Gasteiger partial charge in [-0.25, -0.2) is 17.6 Å². The molecule has 0 saturated carbocycles. The third-order valence-electron chi connectivity index (χ3n) is 4.63. The molecule has 0 spiro atoms. The topological polar surface area (TPSA) is 85.8 Å². The van der Waals surface area contributed by atoms with Crippen molar-refractivity contribution >= 4 is 16.0 Å². The summed E-state index contributed by atoms with van der Waals surface area (Å²) in [5, 5.41) is 0.